The summed E-state index contributed by atoms with van der Waals surface area (Å²) in [5.41, 5.74) is 2.99. The van der Waals surface area contributed by atoms with Crippen molar-refractivity contribution in [2.75, 3.05) is 11.1 Å². The number of nitrogens with one attached hydrogen (secondary N) is 1. The molecular weight excluding hydrogens is 350 g/mol. The molecule has 0 bridgehead atoms. The van der Waals surface area contributed by atoms with Crippen molar-refractivity contribution in [2.45, 2.75) is 25.2 Å². The van der Waals surface area contributed by atoms with Crippen LogP contribution < -0.4 is 10.9 Å². The van der Waals surface area contributed by atoms with Crippen molar-refractivity contribution in [3.8, 4) is 11.3 Å². The predicted molar refractivity (Wildman–Crippen MR) is 100 cm³/mol. The average Bonchev–Trinajstić information content (AvgIpc) is 3.21. The molecule has 2 aromatic heterocycles. The summed E-state index contributed by atoms with van der Waals surface area (Å²) < 4.78 is 3.31. The number of fused-ring (bicyclic) bond motifs is 1. The molecule has 26 heavy (non-hydrogen) atoms. The molecule has 0 saturated heterocycles. The predicted octanol–water partition coefficient (Wildman–Crippen LogP) is 2.16. The van der Waals surface area contributed by atoms with Crippen molar-refractivity contribution in [3.63, 3.8) is 0 Å². The standard InChI is InChI=1S/C18H17N5O2S/c1-12-2-7-17(25)23(21-12)11-16(24)19-14-5-3-13(4-6-14)15-10-22-8-9-26-18(22)20-15/h2-7,10H,8-9,11H2,1H3,(H,19,24). The highest BCUT2D eigenvalue weighted by Crippen LogP contribution is 2.29. The first-order valence-electron chi connectivity index (χ1n) is 8.23. The monoisotopic (exact) mass is 367 g/mol. The lowest BCUT2D eigenvalue weighted by molar-refractivity contribution is -0.117. The summed E-state index contributed by atoms with van der Waals surface area (Å²) in [6, 6.07) is 10.5. The number of aromatic nitrogens is 4. The van der Waals surface area contributed by atoms with Gasteiger partial charge in [0.1, 0.15) is 6.54 Å². The number of amides is 1. The molecule has 0 fully saturated rings. The van der Waals surface area contributed by atoms with Crippen molar-refractivity contribution in [2.24, 2.45) is 0 Å². The van der Waals surface area contributed by atoms with E-state index in [0.29, 0.717) is 11.4 Å². The number of imidazole rings is 1. The van der Waals surface area contributed by atoms with Gasteiger partial charge in [-0.15, -0.1) is 0 Å². The van der Waals surface area contributed by atoms with Gasteiger partial charge < -0.3 is 9.88 Å². The van der Waals surface area contributed by atoms with E-state index in [9.17, 15) is 9.59 Å². The third-order valence-corrected chi connectivity index (χ3v) is 5.03. The van der Waals surface area contributed by atoms with E-state index in [1.54, 1.807) is 24.8 Å². The molecule has 0 atom stereocenters. The van der Waals surface area contributed by atoms with Crippen LogP contribution in [0.3, 0.4) is 0 Å². The first-order valence-corrected chi connectivity index (χ1v) is 9.22. The lowest BCUT2D eigenvalue weighted by Gasteiger charge is -2.07. The van der Waals surface area contributed by atoms with Gasteiger partial charge in [0, 0.05) is 35.8 Å². The van der Waals surface area contributed by atoms with E-state index in [4.69, 9.17) is 0 Å². The number of hydrogen-bond donors (Lipinski definition) is 1. The lowest BCUT2D eigenvalue weighted by atomic mass is 10.1. The number of rotatable bonds is 4. The Bertz CT molecular complexity index is 1000. The van der Waals surface area contributed by atoms with E-state index in [0.717, 1.165) is 33.4 Å². The molecule has 0 unspecified atom stereocenters. The van der Waals surface area contributed by atoms with Gasteiger partial charge in [-0.25, -0.2) is 9.67 Å². The third-order valence-electron chi connectivity index (χ3n) is 4.06. The zero-order valence-corrected chi connectivity index (χ0v) is 15.0. The molecule has 132 valence electrons. The van der Waals surface area contributed by atoms with Crippen LogP contribution in [0.25, 0.3) is 11.3 Å². The molecule has 1 aliphatic rings. The Kier molecular flexibility index (Phi) is 4.34. The second-order valence-electron chi connectivity index (χ2n) is 6.05. The fourth-order valence-corrected chi connectivity index (χ4v) is 3.72. The van der Waals surface area contributed by atoms with Gasteiger partial charge in [0.05, 0.1) is 11.4 Å². The molecule has 1 N–H and O–H groups in total. The second-order valence-corrected chi connectivity index (χ2v) is 7.11. The average molecular weight is 367 g/mol. The third kappa shape index (κ3) is 3.41. The van der Waals surface area contributed by atoms with Gasteiger partial charge in [0.15, 0.2) is 5.16 Å². The van der Waals surface area contributed by atoms with Gasteiger partial charge in [-0.1, -0.05) is 23.9 Å². The lowest BCUT2D eigenvalue weighted by Crippen LogP contribution is -2.29. The molecule has 0 aliphatic carbocycles. The maximum Gasteiger partial charge on any atom is 0.267 e. The van der Waals surface area contributed by atoms with E-state index >= 15 is 0 Å². The van der Waals surface area contributed by atoms with Crippen LogP contribution in [-0.4, -0.2) is 31.0 Å². The Hall–Kier alpha value is -2.87. The number of hydrogen-bond acceptors (Lipinski definition) is 5. The smallest absolute Gasteiger partial charge is 0.267 e. The van der Waals surface area contributed by atoms with Gasteiger partial charge in [-0.3, -0.25) is 9.59 Å². The van der Waals surface area contributed by atoms with Crippen LogP contribution in [-0.2, 0) is 17.9 Å². The molecule has 7 nitrogen and oxygen atoms in total. The topological polar surface area (TPSA) is 81.8 Å². The first-order chi connectivity index (χ1) is 12.6. The van der Waals surface area contributed by atoms with E-state index in [2.05, 4.69) is 26.2 Å². The Morgan fingerprint density at radius 3 is 2.81 bits per heavy atom. The number of nitrogens with zero attached hydrogens (tertiary/aromatic N) is 4. The fraction of sp³-hybridized carbons (Fsp3) is 0.222. The van der Waals surface area contributed by atoms with Crippen molar-refractivity contribution in [3.05, 3.63) is 58.6 Å². The van der Waals surface area contributed by atoms with Crippen molar-refractivity contribution < 1.29 is 4.79 Å². The summed E-state index contributed by atoms with van der Waals surface area (Å²) >= 11 is 1.76. The summed E-state index contributed by atoms with van der Waals surface area (Å²) in [7, 11) is 0. The largest absolute Gasteiger partial charge is 0.325 e. The highest BCUT2D eigenvalue weighted by molar-refractivity contribution is 7.99. The molecule has 1 aliphatic heterocycles. The number of anilines is 1. The number of carbonyl (C=O) groups excluding carboxylic acids is 1. The van der Waals surface area contributed by atoms with Gasteiger partial charge in [0.2, 0.25) is 5.91 Å². The number of benzene rings is 1. The van der Waals surface area contributed by atoms with Crippen molar-refractivity contribution in [1.82, 2.24) is 19.3 Å². The fourth-order valence-electron chi connectivity index (χ4n) is 2.77. The van der Waals surface area contributed by atoms with Crippen molar-refractivity contribution >= 4 is 23.4 Å². The van der Waals surface area contributed by atoms with E-state index < -0.39 is 0 Å². The zero-order valence-electron chi connectivity index (χ0n) is 14.2. The Labute approximate surface area is 154 Å². The molecule has 0 saturated carbocycles. The summed E-state index contributed by atoms with van der Waals surface area (Å²) in [5, 5.41) is 7.90. The van der Waals surface area contributed by atoms with Gasteiger partial charge in [0.25, 0.3) is 5.56 Å². The van der Waals surface area contributed by atoms with E-state index in [1.165, 1.54) is 6.07 Å². The molecule has 1 amide bonds. The SMILES string of the molecule is Cc1ccc(=O)n(CC(=O)Nc2ccc(-c3cn4c(n3)SCC4)cc2)n1. The Morgan fingerprint density at radius 2 is 2.04 bits per heavy atom. The molecule has 3 aromatic rings. The van der Waals surface area contributed by atoms with Gasteiger partial charge >= 0.3 is 0 Å². The van der Waals surface area contributed by atoms with Gasteiger partial charge in [-0.2, -0.15) is 5.10 Å². The quantitative estimate of drug-likeness (QED) is 0.764. The highest BCUT2D eigenvalue weighted by Gasteiger charge is 2.15. The number of carbonyl (C=O) groups is 1. The van der Waals surface area contributed by atoms with Crippen LogP contribution in [0, 0.1) is 6.92 Å². The molecule has 0 radical (unpaired) electrons. The minimum atomic E-state index is -0.299. The molecular formula is C18H17N5O2S. The van der Waals surface area contributed by atoms with E-state index in [1.807, 2.05) is 24.3 Å². The van der Waals surface area contributed by atoms with Crippen LogP contribution >= 0.6 is 11.8 Å². The maximum absolute atomic E-state index is 12.2. The van der Waals surface area contributed by atoms with Gasteiger partial charge in [-0.05, 0) is 25.1 Å². The second kappa shape index (κ2) is 6.80. The highest BCUT2D eigenvalue weighted by atomic mass is 32.2. The Balaban J connectivity index is 1.44. The normalized spacial score (nSPS) is 12.8. The summed E-state index contributed by atoms with van der Waals surface area (Å²) in [5.74, 6) is 0.780. The minimum Gasteiger partial charge on any atom is -0.325 e. The molecule has 0 spiro atoms. The minimum absolute atomic E-state index is 0.118. The zero-order chi connectivity index (χ0) is 18.1. The Morgan fingerprint density at radius 1 is 1.23 bits per heavy atom. The summed E-state index contributed by atoms with van der Waals surface area (Å²) in [6.07, 6.45) is 2.05. The molecule has 3 heterocycles. The van der Waals surface area contributed by atoms with Crippen LogP contribution in [0.15, 0.2) is 52.5 Å². The molecule has 1 aromatic carbocycles. The van der Waals surface area contributed by atoms with Crippen LogP contribution in [0.5, 0.6) is 0 Å². The first kappa shape index (κ1) is 16.6. The van der Waals surface area contributed by atoms with Crippen LogP contribution in [0.4, 0.5) is 5.69 Å². The van der Waals surface area contributed by atoms with Crippen LogP contribution in [0.2, 0.25) is 0 Å². The van der Waals surface area contributed by atoms with E-state index in [-0.39, 0.29) is 18.0 Å². The molecule has 4 rings (SSSR count). The van der Waals surface area contributed by atoms with Crippen LogP contribution in [0.1, 0.15) is 5.69 Å². The summed E-state index contributed by atoms with van der Waals surface area (Å²) in [6.45, 7) is 2.65. The number of thioether (sulfide) groups is 1. The summed E-state index contributed by atoms with van der Waals surface area (Å²) in [4.78, 5) is 28.5. The molecule has 8 heteroatoms. The number of aryl methyl sites for hydroxylation is 2. The maximum atomic E-state index is 12.2. The van der Waals surface area contributed by atoms with Crippen molar-refractivity contribution in [1.29, 1.82) is 0 Å².